The van der Waals surface area contributed by atoms with Gasteiger partial charge in [0.1, 0.15) is 0 Å². The Kier molecular flexibility index (Phi) is 5.64. The zero-order chi connectivity index (χ0) is 19.7. The quantitative estimate of drug-likeness (QED) is 0.426. The number of hydrogen-bond acceptors (Lipinski definition) is 6. The minimum absolute atomic E-state index is 0.0713. The molecule has 0 spiro atoms. The molecule has 2 N–H and O–H groups in total. The number of fused-ring (bicyclic) bond motifs is 1. The molecule has 1 saturated carbocycles. The van der Waals surface area contributed by atoms with E-state index in [2.05, 4.69) is 29.6 Å². The summed E-state index contributed by atoms with van der Waals surface area (Å²) in [4.78, 5) is 3.94. The number of alkyl halides is 2. The summed E-state index contributed by atoms with van der Waals surface area (Å²) in [6, 6.07) is 1.65. The topological polar surface area (TPSA) is 73.0 Å². The molecular formula is C19H26F2N4O2. The highest BCUT2D eigenvalue weighted by atomic mass is 19.3. The first-order valence-corrected chi connectivity index (χ1v) is 9.07. The van der Waals surface area contributed by atoms with E-state index in [0.717, 1.165) is 13.0 Å². The summed E-state index contributed by atoms with van der Waals surface area (Å²) in [7, 11) is 1.74. The Morgan fingerprint density at radius 1 is 1.44 bits per heavy atom. The van der Waals surface area contributed by atoms with Gasteiger partial charge in [0.15, 0.2) is 11.6 Å². The van der Waals surface area contributed by atoms with Gasteiger partial charge in [0.2, 0.25) is 0 Å². The Labute approximate surface area is 158 Å². The van der Waals surface area contributed by atoms with Gasteiger partial charge in [-0.15, -0.1) is 0 Å². The van der Waals surface area contributed by atoms with Crippen molar-refractivity contribution in [1.82, 2.24) is 9.99 Å². The van der Waals surface area contributed by atoms with Gasteiger partial charge in [-0.3, -0.25) is 5.01 Å². The molecule has 1 heterocycles. The molecule has 0 aromatic carbocycles. The van der Waals surface area contributed by atoms with E-state index in [-0.39, 0.29) is 23.7 Å². The lowest BCUT2D eigenvalue weighted by molar-refractivity contribution is -0.0495. The van der Waals surface area contributed by atoms with E-state index in [9.17, 15) is 8.78 Å². The number of ether oxygens (including phenoxy) is 2. The average Bonchev–Trinajstić information content (AvgIpc) is 3.05. The standard InChI is InChI=1S/C19H26F2N4O2/c1-10(2)25(9-16-14-6-13(26-4)7-15(14)16)24-11(3)12-5-17(27-19(20)21)18(22)23-8-12/h5-6,8,10,13,15-16,19H,7,9H2,1-4H3,(H2,22,23)/b24-11+/t13-,15-,16-/m1/s1. The molecule has 0 saturated heterocycles. The molecule has 3 rings (SSSR count). The second kappa shape index (κ2) is 7.80. The molecule has 27 heavy (non-hydrogen) atoms. The van der Waals surface area contributed by atoms with Crippen molar-refractivity contribution >= 4 is 11.5 Å². The number of pyridine rings is 1. The Morgan fingerprint density at radius 2 is 2.19 bits per heavy atom. The van der Waals surface area contributed by atoms with Crippen molar-refractivity contribution in [2.75, 3.05) is 19.4 Å². The Hall–Kier alpha value is -2.22. The third-order valence-electron chi connectivity index (χ3n) is 5.17. The summed E-state index contributed by atoms with van der Waals surface area (Å²) in [5, 5.41) is 6.74. The summed E-state index contributed by atoms with van der Waals surface area (Å²) in [5.41, 5.74) is 8.33. The second-order valence-corrected chi connectivity index (χ2v) is 7.28. The van der Waals surface area contributed by atoms with Crippen LogP contribution in [0.4, 0.5) is 14.6 Å². The number of anilines is 1. The van der Waals surface area contributed by atoms with Gasteiger partial charge in [-0.25, -0.2) is 4.98 Å². The zero-order valence-corrected chi connectivity index (χ0v) is 16.0. The van der Waals surface area contributed by atoms with Crippen molar-refractivity contribution in [3.63, 3.8) is 0 Å². The summed E-state index contributed by atoms with van der Waals surface area (Å²) in [6.07, 6.45) is 5.03. The number of hydrogen-bond donors (Lipinski definition) is 1. The average molecular weight is 380 g/mol. The molecule has 0 unspecified atom stereocenters. The minimum atomic E-state index is -2.95. The highest BCUT2D eigenvalue weighted by Gasteiger charge is 2.49. The van der Waals surface area contributed by atoms with Crippen LogP contribution < -0.4 is 10.5 Å². The normalized spacial score (nSPS) is 24.2. The number of nitrogens with two attached hydrogens (primary N) is 1. The van der Waals surface area contributed by atoms with E-state index in [4.69, 9.17) is 15.6 Å². The monoisotopic (exact) mass is 380 g/mol. The van der Waals surface area contributed by atoms with E-state index in [1.54, 1.807) is 7.11 Å². The molecule has 8 heteroatoms. The number of aromatic nitrogens is 1. The Balaban J connectivity index is 1.73. The molecule has 1 aromatic heterocycles. The Bertz CT molecular complexity index is 751. The van der Waals surface area contributed by atoms with E-state index >= 15 is 0 Å². The van der Waals surface area contributed by atoms with Gasteiger partial charge >= 0.3 is 6.61 Å². The number of nitrogen functional groups attached to an aromatic ring is 1. The molecule has 0 bridgehead atoms. The first-order valence-electron chi connectivity index (χ1n) is 9.07. The van der Waals surface area contributed by atoms with Crippen LogP contribution in [0.25, 0.3) is 0 Å². The number of halogens is 2. The lowest BCUT2D eigenvalue weighted by Crippen LogP contribution is -2.30. The van der Waals surface area contributed by atoms with Crippen LogP contribution in [0, 0.1) is 11.8 Å². The van der Waals surface area contributed by atoms with Crippen molar-refractivity contribution < 1.29 is 18.3 Å². The van der Waals surface area contributed by atoms with Crippen LogP contribution in [0.5, 0.6) is 5.75 Å². The number of nitrogens with zero attached hydrogens (tertiary/aromatic N) is 3. The van der Waals surface area contributed by atoms with Gasteiger partial charge in [-0.1, -0.05) is 11.6 Å². The zero-order valence-electron chi connectivity index (χ0n) is 16.0. The summed E-state index contributed by atoms with van der Waals surface area (Å²) in [5.74, 6) is 0.896. The number of rotatable bonds is 8. The van der Waals surface area contributed by atoms with E-state index in [1.165, 1.54) is 17.8 Å². The fraction of sp³-hybridized carbons (Fsp3) is 0.579. The molecular weight excluding hydrogens is 354 g/mol. The first-order chi connectivity index (χ1) is 12.8. The number of methoxy groups -OCH3 is 1. The molecule has 0 amide bonds. The van der Waals surface area contributed by atoms with Crippen LogP contribution in [0.3, 0.4) is 0 Å². The fourth-order valence-electron chi connectivity index (χ4n) is 3.54. The van der Waals surface area contributed by atoms with E-state index in [0.29, 0.717) is 23.1 Å². The van der Waals surface area contributed by atoms with E-state index in [1.807, 2.05) is 11.9 Å². The third kappa shape index (κ3) is 4.37. The van der Waals surface area contributed by atoms with Crippen LogP contribution in [0.1, 0.15) is 32.8 Å². The highest BCUT2D eigenvalue weighted by molar-refractivity contribution is 5.98. The highest BCUT2D eigenvalue weighted by Crippen LogP contribution is 2.54. The second-order valence-electron chi connectivity index (χ2n) is 7.28. The summed E-state index contributed by atoms with van der Waals surface area (Å²) >= 11 is 0. The molecule has 0 radical (unpaired) electrons. The third-order valence-corrected chi connectivity index (χ3v) is 5.17. The minimum Gasteiger partial charge on any atom is -0.431 e. The van der Waals surface area contributed by atoms with Crippen LogP contribution >= 0.6 is 0 Å². The van der Waals surface area contributed by atoms with Gasteiger partial charge in [0, 0.05) is 37.4 Å². The molecule has 148 valence electrons. The molecule has 2 aliphatic rings. The lowest BCUT2D eigenvalue weighted by Gasteiger charge is -2.25. The van der Waals surface area contributed by atoms with Crippen LogP contribution in [0.2, 0.25) is 0 Å². The molecule has 6 nitrogen and oxygen atoms in total. The van der Waals surface area contributed by atoms with Gasteiger partial charge < -0.3 is 15.2 Å². The predicted octanol–water partition coefficient (Wildman–Crippen LogP) is 3.29. The van der Waals surface area contributed by atoms with Gasteiger partial charge in [0.05, 0.1) is 11.8 Å². The number of hydrazone groups is 1. The van der Waals surface area contributed by atoms with Gasteiger partial charge in [-0.05, 0) is 39.2 Å². The maximum Gasteiger partial charge on any atom is 0.387 e. The fourth-order valence-corrected chi connectivity index (χ4v) is 3.54. The van der Waals surface area contributed by atoms with Crippen LogP contribution in [-0.2, 0) is 4.74 Å². The van der Waals surface area contributed by atoms with Crippen molar-refractivity contribution in [2.45, 2.75) is 45.9 Å². The Morgan fingerprint density at radius 3 is 2.74 bits per heavy atom. The van der Waals surface area contributed by atoms with Crippen LogP contribution in [0.15, 0.2) is 29.0 Å². The van der Waals surface area contributed by atoms with Gasteiger partial charge in [-0.2, -0.15) is 13.9 Å². The maximum absolute atomic E-state index is 12.5. The lowest BCUT2D eigenvalue weighted by atomic mass is 10.1. The van der Waals surface area contributed by atoms with Crippen molar-refractivity contribution in [3.05, 3.63) is 29.5 Å². The molecule has 2 aliphatic carbocycles. The predicted molar refractivity (Wildman–Crippen MR) is 99.8 cm³/mol. The van der Waals surface area contributed by atoms with Gasteiger partial charge in [0.25, 0.3) is 0 Å². The molecule has 0 aliphatic heterocycles. The van der Waals surface area contributed by atoms with Crippen molar-refractivity contribution in [3.8, 4) is 5.75 Å². The van der Waals surface area contributed by atoms with Crippen molar-refractivity contribution in [1.29, 1.82) is 0 Å². The summed E-state index contributed by atoms with van der Waals surface area (Å²) in [6.45, 7) is 3.85. The maximum atomic E-state index is 12.5. The summed E-state index contributed by atoms with van der Waals surface area (Å²) < 4.78 is 34.8. The smallest absolute Gasteiger partial charge is 0.387 e. The molecule has 1 fully saturated rings. The van der Waals surface area contributed by atoms with Crippen LogP contribution in [-0.4, -0.2) is 48.1 Å². The largest absolute Gasteiger partial charge is 0.431 e. The van der Waals surface area contributed by atoms with E-state index < -0.39 is 6.61 Å². The molecule has 3 atom stereocenters. The van der Waals surface area contributed by atoms with Crippen molar-refractivity contribution in [2.24, 2.45) is 16.9 Å². The SMILES string of the molecule is CO[C@@H]1C=C2[C@@H](C1)[C@@H]2CN(/N=C(\C)c1cnc(N)c(OC(F)F)c1)C(C)C. The first kappa shape index (κ1) is 19.5. The molecule has 1 aromatic rings.